The predicted octanol–water partition coefficient (Wildman–Crippen LogP) is 4.69. The molecule has 1 aliphatic carbocycles. The number of benzene rings is 1. The monoisotopic (exact) mass is 532 g/mol. The van der Waals surface area contributed by atoms with Crippen molar-refractivity contribution < 1.29 is 9.13 Å². The van der Waals surface area contributed by atoms with Gasteiger partial charge < -0.3 is 20.3 Å². The Labute approximate surface area is 198 Å². The van der Waals surface area contributed by atoms with Gasteiger partial charge in [0.2, 0.25) is 0 Å². The van der Waals surface area contributed by atoms with E-state index in [0.717, 1.165) is 37.0 Å². The molecule has 1 heterocycles. The van der Waals surface area contributed by atoms with Gasteiger partial charge in [0.15, 0.2) is 17.5 Å². The number of rotatable bonds is 7. The third kappa shape index (κ3) is 7.55. The number of piperidine rings is 1. The van der Waals surface area contributed by atoms with Gasteiger partial charge in [0.1, 0.15) is 0 Å². The van der Waals surface area contributed by atoms with Crippen LogP contribution >= 0.6 is 24.0 Å². The summed E-state index contributed by atoms with van der Waals surface area (Å²) in [6.07, 6.45) is 9.26. The average Bonchev–Trinajstić information content (AvgIpc) is 2.75. The van der Waals surface area contributed by atoms with Crippen LogP contribution < -0.4 is 15.4 Å². The van der Waals surface area contributed by atoms with Crippen molar-refractivity contribution in [2.75, 3.05) is 26.2 Å². The second-order valence-electron chi connectivity index (χ2n) is 8.14. The summed E-state index contributed by atoms with van der Waals surface area (Å²) in [5, 5.41) is 6.92. The molecule has 1 aromatic rings. The van der Waals surface area contributed by atoms with Gasteiger partial charge in [0.25, 0.3) is 0 Å². The average molecular weight is 532 g/mol. The van der Waals surface area contributed by atoms with E-state index < -0.39 is 0 Å². The van der Waals surface area contributed by atoms with Crippen LogP contribution in [-0.2, 0) is 6.54 Å². The minimum absolute atomic E-state index is 0. The van der Waals surface area contributed by atoms with E-state index in [1.54, 1.807) is 6.07 Å². The molecule has 2 aliphatic rings. The molecule has 170 valence electrons. The van der Waals surface area contributed by atoms with Crippen molar-refractivity contribution in [2.24, 2.45) is 4.99 Å². The van der Waals surface area contributed by atoms with Gasteiger partial charge in [-0.25, -0.2) is 9.38 Å². The van der Waals surface area contributed by atoms with Gasteiger partial charge in [-0.2, -0.15) is 0 Å². The Bertz CT molecular complexity index is 659. The molecule has 3 rings (SSSR count). The lowest BCUT2D eigenvalue weighted by Crippen LogP contribution is -2.50. The van der Waals surface area contributed by atoms with E-state index in [9.17, 15) is 4.39 Å². The molecule has 2 N–H and O–H groups in total. The number of hydrogen-bond acceptors (Lipinski definition) is 3. The van der Waals surface area contributed by atoms with Crippen LogP contribution in [0.3, 0.4) is 0 Å². The minimum Gasteiger partial charge on any atom is -0.491 e. The largest absolute Gasteiger partial charge is 0.491 e. The second kappa shape index (κ2) is 13.3. The molecular weight excluding hydrogens is 494 g/mol. The lowest BCUT2D eigenvalue weighted by molar-refractivity contribution is 0.119. The molecule has 5 nitrogen and oxygen atoms in total. The van der Waals surface area contributed by atoms with E-state index in [1.165, 1.54) is 51.3 Å². The maximum atomic E-state index is 14.1. The number of nitrogens with one attached hydrogen (secondary N) is 2. The number of guanidine groups is 1. The number of likely N-dealkylation sites (tertiary alicyclic amines) is 1. The molecule has 0 aromatic heterocycles. The summed E-state index contributed by atoms with van der Waals surface area (Å²) in [5.74, 6) is 0.792. The third-order valence-electron chi connectivity index (χ3n) is 6.02. The zero-order valence-electron chi connectivity index (χ0n) is 18.5. The fourth-order valence-corrected chi connectivity index (χ4v) is 4.45. The number of halogens is 2. The van der Waals surface area contributed by atoms with Crippen molar-refractivity contribution in [2.45, 2.75) is 77.4 Å². The van der Waals surface area contributed by atoms with Gasteiger partial charge in [-0.1, -0.05) is 25.3 Å². The van der Waals surface area contributed by atoms with E-state index >= 15 is 0 Å². The minimum atomic E-state index is -0.326. The van der Waals surface area contributed by atoms with Gasteiger partial charge in [-0.05, 0) is 57.2 Å². The summed E-state index contributed by atoms with van der Waals surface area (Å²) < 4.78 is 19.3. The van der Waals surface area contributed by atoms with E-state index in [2.05, 4.69) is 27.4 Å². The number of nitrogens with zero attached hydrogens (tertiary/aromatic N) is 2. The normalized spacial score (nSPS) is 19.2. The van der Waals surface area contributed by atoms with Crippen LogP contribution in [0.1, 0.15) is 64.4 Å². The molecular formula is C23H38FIN4O. The predicted molar refractivity (Wildman–Crippen MR) is 132 cm³/mol. The Morgan fingerprint density at radius 1 is 1.13 bits per heavy atom. The quantitative estimate of drug-likeness (QED) is 0.304. The third-order valence-corrected chi connectivity index (χ3v) is 6.02. The Balaban J connectivity index is 0.00000320. The van der Waals surface area contributed by atoms with Gasteiger partial charge in [0, 0.05) is 31.7 Å². The number of hydrogen-bond donors (Lipinski definition) is 2. The number of ether oxygens (including phenoxy) is 1. The Morgan fingerprint density at radius 2 is 1.87 bits per heavy atom. The zero-order valence-corrected chi connectivity index (χ0v) is 20.8. The van der Waals surface area contributed by atoms with Crippen LogP contribution in [0.15, 0.2) is 23.2 Å². The van der Waals surface area contributed by atoms with Gasteiger partial charge >= 0.3 is 0 Å². The van der Waals surface area contributed by atoms with E-state index in [-0.39, 0.29) is 29.8 Å². The maximum absolute atomic E-state index is 14.1. The highest BCUT2D eigenvalue weighted by atomic mass is 127. The van der Waals surface area contributed by atoms with E-state index in [0.29, 0.717) is 24.9 Å². The summed E-state index contributed by atoms with van der Waals surface area (Å²) in [5.41, 5.74) is 0.843. The van der Waals surface area contributed by atoms with Crippen LogP contribution in [0.2, 0.25) is 0 Å². The van der Waals surface area contributed by atoms with Crippen LogP contribution in [0.5, 0.6) is 5.75 Å². The molecule has 7 heteroatoms. The lowest BCUT2D eigenvalue weighted by Gasteiger charge is -2.39. The fourth-order valence-electron chi connectivity index (χ4n) is 4.45. The van der Waals surface area contributed by atoms with Gasteiger partial charge in [0.05, 0.1) is 13.2 Å². The standard InChI is InChI=1S/C23H37FN4O.HI/c1-3-25-23(26-17-18-10-11-22(29-4-2)21(24)16-18)27-19-12-14-28(15-13-19)20-8-6-5-7-9-20;/h10-11,16,19-20H,3-9,12-15,17H2,1-2H3,(H2,25,26,27);1H. The molecule has 0 amide bonds. The maximum Gasteiger partial charge on any atom is 0.191 e. The first-order valence-electron chi connectivity index (χ1n) is 11.4. The summed E-state index contributed by atoms with van der Waals surface area (Å²) >= 11 is 0. The van der Waals surface area contributed by atoms with Crippen molar-refractivity contribution >= 4 is 29.9 Å². The summed E-state index contributed by atoms with van der Waals surface area (Å²) in [6.45, 7) is 7.98. The van der Waals surface area contributed by atoms with Gasteiger partial charge in [-0.15, -0.1) is 24.0 Å². The first kappa shape index (κ1) is 25.2. The molecule has 1 saturated carbocycles. The van der Waals surface area contributed by atoms with Crippen molar-refractivity contribution in [3.8, 4) is 5.75 Å². The molecule has 0 atom stereocenters. The molecule has 30 heavy (non-hydrogen) atoms. The first-order valence-corrected chi connectivity index (χ1v) is 11.4. The van der Waals surface area contributed by atoms with Gasteiger partial charge in [-0.3, -0.25) is 0 Å². The second-order valence-corrected chi connectivity index (χ2v) is 8.14. The molecule has 1 saturated heterocycles. The summed E-state index contributed by atoms with van der Waals surface area (Å²) in [4.78, 5) is 7.38. The molecule has 2 fully saturated rings. The molecule has 1 aliphatic heterocycles. The molecule has 0 bridgehead atoms. The SMILES string of the molecule is CCNC(=NCc1ccc(OCC)c(F)c1)NC1CCN(C2CCCCC2)CC1.I. The number of aliphatic imine (C=N–C) groups is 1. The summed E-state index contributed by atoms with van der Waals surface area (Å²) in [6, 6.07) is 6.33. The van der Waals surface area contributed by atoms with Crippen molar-refractivity contribution in [3.05, 3.63) is 29.6 Å². The van der Waals surface area contributed by atoms with Crippen molar-refractivity contribution in [1.29, 1.82) is 0 Å². The summed E-state index contributed by atoms with van der Waals surface area (Å²) in [7, 11) is 0. The topological polar surface area (TPSA) is 48.9 Å². The molecule has 0 radical (unpaired) electrons. The Kier molecular flexibility index (Phi) is 11.2. The highest BCUT2D eigenvalue weighted by Gasteiger charge is 2.26. The molecule has 1 aromatic carbocycles. The fraction of sp³-hybridized carbons (Fsp3) is 0.696. The van der Waals surface area contributed by atoms with Crippen LogP contribution in [0.25, 0.3) is 0 Å². The van der Waals surface area contributed by atoms with Crippen molar-refractivity contribution in [1.82, 2.24) is 15.5 Å². The Morgan fingerprint density at radius 3 is 2.50 bits per heavy atom. The van der Waals surface area contributed by atoms with Crippen LogP contribution in [0.4, 0.5) is 4.39 Å². The highest BCUT2D eigenvalue weighted by Crippen LogP contribution is 2.25. The zero-order chi connectivity index (χ0) is 20.5. The first-order chi connectivity index (χ1) is 14.2. The van der Waals surface area contributed by atoms with Crippen LogP contribution in [-0.4, -0.2) is 49.2 Å². The molecule has 0 spiro atoms. The molecule has 0 unspecified atom stereocenters. The lowest BCUT2D eigenvalue weighted by atomic mass is 9.92. The van der Waals surface area contributed by atoms with E-state index in [4.69, 9.17) is 4.74 Å². The van der Waals surface area contributed by atoms with Crippen molar-refractivity contribution in [3.63, 3.8) is 0 Å². The Hall–Kier alpha value is -1.09. The highest BCUT2D eigenvalue weighted by molar-refractivity contribution is 14.0. The van der Waals surface area contributed by atoms with Crippen LogP contribution in [0, 0.1) is 5.82 Å². The smallest absolute Gasteiger partial charge is 0.191 e. The van der Waals surface area contributed by atoms with E-state index in [1.807, 2.05) is 13.0 Å².